The zero-order chi connectivity index (χ0) is 11.1. The SMILES string of the molecule is CCCNC(=O)NNC(=O)c1cccs1. The summed E-state index contributed by atoms with van der Waals surface area (Å²) in [4.78, 5) is 22.9. The summed E-state index contributed by atoms with van der Waals surface area (Å²) in [5, 5.41) is 4.37. The van der Waals surface area contributed by atoms with Gasteiger partial charge in [-0.15, -0.1) is 11.3 Å². The average molecular weight is 227 g/mol. The molecule has 0 saturated carbocycles. The highest BCUT2D eigenvalue weighted by atomic mass is 32.1. The Labute approximate surface area is 91.8 Å². The lowest BCUT2D eigenvalue weighted by molar-refractivity contribution is 0.0940. The number of rotatable bonds is 3. The zero-order valence-electron chi connectivity index (χ0n) is 8.37. The molecule has 0 aliphatic rings. The van der Waals surface area contributed by atoms with Crippen LogP contribution in [0.2, 0.25) is 0 Å². The Kier molecular flexibility index (Phi) is 4.62. The van der Waals surface area contributed by atoms with E-state index in [1.54, 1.807) is 17.5 Å². The molecule has 1 aromatic rings. The van der Waals surface area contributed by atoms with E-state index in [0.717, 1.165) is 6.42 Å². The van der Waals surface area contributed by atoms with Crippen LogP contribution in [0.5, 0.6) is 0 Å². The van der Waals surface area contributed by atoms with E-state index in [9.17, 15) is 9.59 Å². The molecular weight excluding hydrogens is 214 g/mol. The maximum Gasteiger partial charge on any atom is 0.333 e. The Balaban J connectivity index is 2.25. The van der Waals surface area contributed by atoms with Crippen molar-refractivity contribution in [2.24, 2.45) is 0 Å². The van der Waals surface area contributed by atoms with Gasteiger partial charge < -0.3 is 5.32 Å². The van der Waals surface area contributed by atoms with Crippen LogP contribution in [0.1, 0.15) is 23.0 Å². The monoisotopic (exact) mass is 227 g/mol. The number of hydrogen-bond acceptors (Lipinski definition) is 3. The van der Waals surface area contributed by atoms with Crippen molar-refractivity contribution >= 4 is 23.3 Å². The molecule has 1 heterocycles. The topological polar surface area (TPSA) is 70.2 Å². The molecule has 0 spiro atoms. The van der Waals surface area contributed by atoms with Gasteiger partial charge in [-0.1, -0.05) is 13.0 Å². The number of thiophene rings is 1. The first-order valence-electron chi connectivity index (χ1n) is 4.61. The molecule has 0 aliphatic carbocycles. The molecule has 0 aromatic carbocycles. The van der Waals surface area contributed by atoms with Crippen LogP contribution in [-0.2, 0) is 0 Å². The summed E-state index contributed by atoms with van der Waals surface area (Å²) in [6, 6.07) is 3.06. The Morgan fingerprint density at radius 2 is 2.20 bits per heavy atom. The molecular formula is C9H13N3O2S. The van der Waals surface area contributed by atoms with Crippen LogP contribution in [0.4, 0.5) is 4.79 Å². The number of carbonyl (C=O) groups is 2. The molecule has 3 N–H and O–H groups in total. The van der Waals surface area contributed by atoms with Crippen molar-refractivity contribution in [3.05, 3.63) is 22.4 Å². The second-order valence-corrected chi connectivity index (χ2v) is 3.76. The van der Waals surface area contributed by atoms with Crippen LogP contribution in [0, 0.1) is 0 Å². The molecule has 0 unspecified atom stereocenters. The molecule has 0 saturated heterocycles. The fourth-order valence-electron chi connectivity index (χ4n) is 0.866. The third kappa shape index (κ3) is 3.99. The molecule has 0 aliphatic heterocycles. The summed E-state index contributed by atoms with van der Waals surface area (Å²) in [5.41, 5.74) is 4.57. The first-order valence-corrected chi connectivity index (χ1v) is 5.49. The summed E-state index contributed by atoms with van der Waals surface area (Å²) >= 11 is 1.32. The van der Waals surface area contributed by atoms with Crippen LogP contribution >= 0.6 is 11.3 Å². The molecule has 1 aromatic heterocycles. The zero-order valence-corrected chi connectivity index (χ0v) is 9.19. The normalized spacial score (nSPS) is 9.40. The second-order valence-electron chi connectivity index (χ2n) is 2.81. The third-order valence-corrected chi connectivity index (χ3v) is 2.44. The summed E-state index contributed by atoms with van der Waals surface area (Å²) in [6.45, 7) is 2.53. The van der Waals surface area contributed by atoms with Gasteiger partial charge in [0.2, 0.25) is 0 Å². The average Bonchev–Trinajstić information content (AvgIpc) is 2.76. The molecule has 82 valence electrons. The van der Waals surface area contributed by atoms with Gasteiger partial charge in [0.15, 0.2) is 0 Å². The van der Waals surface area contributed by atoms with E-state index in [4.69, 9.17) is 0 Å². The van der Waals surface area contributed by atoms with Crippen molar-refractivity contribution in [3.63, 3.8) is 0 Å². The van der Waals surface area contributed by atoms with Crippen molar-refractivity contribution in [3.8, 4) is 0 Å². The quantitative estimate of drug-likeness (QED) is 0.677. The molecule has 1 rings (SSSR count). The van der Waals surface area contributed by atoms with Crippen molar-refractivity contribution < 1.29 is 9.59 Å². The number of hydrazine groups is 1. The molecule has 15 heavy (non-hydrogen) atoms. The molecule has 6 heteroatoms. The highest BCUT2D eigenvalue weighted by Gasteiger charge is 2.06. The van der Waals surface area contributed by atoms with Crippen LogP contribution in [0.15, 0.2) is 17.5 Å². The standard InChI is InChI=1S/C9H13N3O2S/c1-2-5-10-9(14)12-11-8(13)7-4-3-6-15-7/h3-4,6H,2,5H2,1H3,(H,11,13)(H2,10,12,14). The lowest BCUT2D eigenvalue weighted by Gasteiger charge is -2.06. The number of nitrogens with one attached hydrogen (secondary N) is 3. The van der Waals surface area contributed by atoms with Crippen LogP contribution in [-0.4, -0.2) is 18.5 Å². The van der Waals surface area contributed by atoms with E-state index in [0.29, 0.717) is 11.4 Å². The lowest BCUT2D eigenvalue weighted by atomic mass is 10.4. The highest BCUT2D eigenvalue weighted by Crippen LogP contribution is 2.06. The minimum atomic E-state index is -0.401. The lowest BCUT2D eigenvalue weighted by Crippen LogP contribution is -2.46. The Morgan fingerprint density at radius 1 is 1.40 bits per heavy atom. The number of carbonyl (C=O) groups excluding carboxylic acids is 2. The molecule has 0 bridgehead atoms. The largest absolute Gasteiger partial charge is 0.337 e. The number of amides is 3. The van der Waals surface area contributed by atoms with Gasteiger partial charge in [0.05, 0.1) is 4.88 Å². The van der Waals surface area contributed by atoms with E-state index in [-0.39, 0.29) is 5.91 Å². The van der Waals surface area contributed by atoms with Gasteiger partial charge >= 0.3 is 6.03 Å². The second kappa shape index (κ2) is 6.02. The van der Waals surface area contributed by atoms with Gasteiger partial charge in [-0.2, -0.15) is 0 Å². The molecule has 3 amide bonds. The van der Waals surface area contributed by atoms with Crippen LogP contribution in [0.3, 0.4) is 0 Å². The Hall–Kier alpha value is -1.56. The summed E-state index contributed by atoms with van der Waals surface area (Å²) in [5.74, 6) is -0.309. The van der Waals surface area contributed by atoms with Crippen molar-refractivity contribution in [1.82, 2.24) is 16.2 Å². The van der Waals surface area contributed by atoms with Gasteiger partial charge in [0, 0.05) is 6.54 Å². The van der Waals surface area contributed by atoms with E-state index in [1.165, 1.54) is 11.3 Å². The van der Waals surface area contributed by atoms with Crippen molar-refractivity contribution in [2.75, 3.05) is 6.54 Å². The predicted molar refractivity (Wildman–Crippen MR) is 58.6 cm³/mol. The summed E-state index contributed by atoms with van der Waals surface area (Å²) < 4.78 is 0. The fraction of sp³-hybridized carbons (Fsp3) is 0.333. The van der Waals surface area contributed by atoms with E-state index < -0.39 is 6.03 Å². The minimum absolute atomic E-state index is 0.309. The summed E-state index contributed by atoms with van der Waals surface area (Å²) in [6.07, 6.45) is 0.853. The van der Waals surface area contributed by atoms with Crippen molar-refractivity contribution in [2.45, 2.75) is 13.3 Å². The Bertz CT molecular complexity index is 324. The maximum absolute atomic E-state index is 11.3. The van der Waals surface area contributed by atoms with E-state index in [2.05, 4.69) is 16.2 Å². The number of hydrogen-bond donors (Lipinski definition) is 3. The third-order valence-electron chi connectivity index (χ3n) is 1.57. The highest BCUT2D eigenvalue weighted by molar-refractivity contribution is 7.12. The molecule has 5 nitrogen and oxygen atoms in total. The maximum atomic E-state index is 11.3. The van der Waals surface area contributed by atoms with E-state index in [1.807, 2.05) is 6.92 Å². The Morgan fingerprint density at radius 3 is 2.80 bits per heavy atom. The van der Waals surface area contributed by atoms with Gasteiger partial charge in [-0.05, 0) is 17.9 Å². The first-order chi connectivity index (χ1) is 7.24. The van der Waals surface area contributed by atoms with Gasteiger partial charge in [-0.25, -0.2) is 10.2 Å². The molecule has 0 fully saturated rings. The predicted octanol–water partition coefficient (Wildman–Crippen LogP) is 1.10. The molecule has 0 radical (unpaired) electrons. The molecule has 0 atom stereocenters. The van der Waals surface area contributed by atoms with Gasteiger partial charge in [-0.3, -0.25) is 10.2 Å². The number of urea groups is 1. The van der Waals surface area contributed by atoms with Gasteiger partial charge in [0.1, 0.15) is 0 Å². The smallest absolute Gasteiger partial charge is 0.333 e. The van der Waals surface area contributed by atoms with Crippen LogP contribution < -0.4 is 16.2 Å². The van der Waals surface area contributed by atoms with Crippen molar-refractivity contribution in [1.29, 1.82) is 0 Å². The van der Waals surface area contributed by atoms with Gasteiger partial charge in [0.25, 0.3) is 5.91 Å². The summed E-state index contributed by atoms with van der Waals surface area (Å²) in [7, 11) is 0. The fourth-order valence-corrected chi connectivity index (χ4v) is 1.48. The minimum Gasteiger partial charge on any atom is -0.337 e. The first kappa shape index (κ1) is 11.5. The van der Waals surface area contributed by atoms with Crippen LogP contribution in [0.25, 0.3) is 0 Å². The van der Waals surface area contributed by atoms with E-state index >= 15 is 0 Å².